The number of esters is 2. The van der Waals surface area contributed by atoms with E-state index < -0.39 is 52.8 Å². The van der Waals surface area contributed by atoms with Gasteiger partial charge in [0.15, 0.2) is 0 Å². The van der Waals surface area contributed by atoms with Crippen molar-refractivity contribution in [2.24, 2.45) is 10.8 Å². The largest absolute Gasteiger partial charge is 0.462 e. The van der Waals surface area contributed by atoms with Gasteiger partial charge in [0.05, 0.1) is 43.5 Å². The summed E-state index contributed by atoms with van der Waals surface area (Å²) in [4.78, 5) is 25.9. The molecule has 208 valence electrons. The van der Waals surface area contributed by atoms with Crippen LogP contribution in [0.4, 0.5) is 0 Å². The summed E-state index contributed by atoms with van der Waals surface area (Å²) >= 11 is 0. The molecule has 2 saturated heterocycles. The number of aliphatic hydroxyl groups is 2. The molecule has 9 nitrogen and oxygen atoms in total. The number of rotatable bonds is 2. The van der Waals surface area contributed by atoms with Crippen LogP contribution in [0.15, 0.2) is 47.6 Å². The van der Waals surface area contributed by atoms with Crippen molar-refractivity contribution in [3.05, 3.63) is 47.6 Å². The molecule has 3 aliphatic heterocycles. The van der Waals surface area contributed by atoms with Crippen LogP contribution >= 0.6 is 0 Å². The standard InChI is InChI=1S/C29H38O9/c1-18-9-11-34-21(19(2)31)6-4-5-7-25(32)38-22-14-24-29(17-36-29)27(22,3)28(16-35-26(33)12-18)10-8-20(15-30)13-23(28)37-24/h4-7,12-13,19,21-24,30-31H,8-11,14-17H2,1-3H3/b6-4+,7-5-,18-12+/t19-,21-,22-,23-,24-,27-,28-,29?/m1/s1. The van der Waals surface area contributed by atoms with Crippen LogP contribution in [0.3, 0.4) is 0 Å². The van der Waals surface area contributed by atoms with Gasteiger partial charge in [0.2, 0.25) is 0 Å². The minimum atomic E-state index is -0.751. The Morgan fingerprint density at radius 3 is 2.63 bits per heavy atom. The molecule has 0 radical (unpaired) electrons. The molecule has 3 fully saturated rings. The lowest BCUT2D eigenvalue weighted by molar-refractivity contribution is -0.232. The highest BCUT2D eigenvalue weighted by Crippen LogP contribution is 2.72. The Balaban J connectivity index is 1.52. The van der Waals surface area contributed by atoms with E-state index in [0.717, 1.165) is 11.1 Å². The smallest absolute Gasteiger partial charge is 0.331 e. The number of aliphatic hydroxyl groups excluding tert-OH is 2. The molecule has 0 aromatic heterocycles. The summed E-state index contributed by atoms with van der Waals surface area (Å²) in [6, 6.07) is 0. The maximum absolute atomic E-state index is 12.9. The Morgan fingerprint density at radius 2 is 1.92 bits per heavy atom. The molecule has 3 heterocycles. The highest BCUT2D eigenvalue weighted by Gasteiger charge is 2.83. The van der Waals surface area contributed by atoms with Crippen molar-refractivity contribution in [2.75, 3.05) is 26.4 Å². The zero-order chi connectivity index (χ0) is 27.1. The molecule has 2 N–H and O–H groups in total. The topological polar surface area (TPSA) is 124 Å². The third-order valence-corrected chi connectivity index (χ3v) is 9.32. The van der Waals surface area contributed by atoms with E-state index in [0.29, 0.717) is 38.9 Å². The molecular formula is C29H38O9. The van der Waals surface area contributed by atoms with Gasteiger partial charge >= 0.3 is 11.9 Å². The SMILES string of the molecule is C/C1=C\C(=O)OC[C@]23CCC(CO)=C[C@H]2O[C@@H]2C[C@@H](OC(=O)/C=C\C=C\[C@H]([C@@H](C)O)OCC1)[C@@]3(C)C21CO1. The first-order valence-electron chi connectivity index (χ1n) is 13.4. The van der Waals surface area contributed by atoms with Gasteiger partial charge in [-0.1, -0.05) is 36.8 Å². The Hall–Kier alpha value is -2.30. The summed E-state index contributed by atoms with van der Waals surface area (Å²) in [6.07, 6.45) is 9.34. The fourth-order valence-corrected chi connectivity index (χ4v) is 6.90. The van der Waals surface area contributed by atoms with E-state index >= 15 is 0 Å². The predicted octanol–water partition coefficient (Wildman–Crippen LogP) is 2.32. The number of carbonyl (C=O) groups excluding carboxylic acids is 2. The maximum Gasteiger partial charge on any atom is 0.331 e. The van der Waals surface area contributed by atoms with E-state index in [1.54, 1.807) is 25.2 Å². The highest BCUT2D eigenvalue weighted by atomic mass is 16.6. The van der Waals surface area contributed by atoms with Crippen LogP contribution in [-0.2, 0) is 33.3 Å². The van der Waals surface area contributed by atoms with Crippen LogP contribution in [0.5, 0.6) is 0 Å². The second kappa shape index (κ2) is 10.4. The monoisotopic (exact) mass is 530 g/mol. The summed E-state index contributed by atoms with van der Waals surface area (Å²) in [5, 5.41) is 19.9. The Bertz CT molecular complexity index is 1070. The normalized spacial score (nSPS) is 45.3. The van der Waals surface area contributed by atoms with Crippen LogP contribution in [0.2, 0.25) is 0 Å². The summed E-state index contributed by atoms with van der Waals surface area (Å²) in [5.41, 5.74) is -0.328. The van der Waals surface area contributed by atoms with E-state index in [1.165, 1.54) is 12.2 Å². The average molecular weight is 531 g/mol. The van der Waals surface area contributed by atoms with Gasteiger partial charge in [-0.3, -0.25) is 0 Å². The van der Waals surface area contributed by atoms with Gasteiger partial charge in [-0.15, -0.1) is 0 Å². The molecule has 38 heavy (non-hydrogen) atoms. The lowest BCUT2D eigenvalue weighted by atomic mass is 9.51. The predicted molar refractivity (Wildman–Crippen MR) is 136 cm³/mol. The minimum Gasteiger partial charge on any atom is -0.462 e. The second-order valence-electron chi connectivity index (χ2n) is 11.4. The molecule has 2 aliphatic carbocycles. The zero-order valence-corrected chi connectivity index (χ0v) is 22.3. The first kappa shape index (κ1) is 27.3. The molecule has 1 saturated carbocycles. The zero-order valence-electron chi connectivity index (χ0n) is 22.3. The van der Waals surface area contributed by atoms with Crippen molar-refractivity contribution < 1.29 is 43.5 Å². The third kappa shape index (κ3) is 4.48. The number of ether oxygens (including phenoxy) is 5. The van der Waals surface area contributed by atoms with Crippen LogP contribution < -0.4 is 0 Å². The van der Waals surface area contributed by atoms with Crippen molar-refractivity contribution in [1.82, 2.24) is 0 Å². The van der Waals surface area contributed by atoms with Crippen molar-refractivity contribution in [3.63, 3.8) is 0 Å². The number of epoxide rings is 1. The fourth-order valence-electron chi connectivity index (χ4n) is 6.90. The summed E-state index contributed by atoms with van der Waals surface area (Å²) in [5.74, 6) is -0.962. The van der Waals surface area contributed by atoms with Gasteiger partial charge in [0.25, 0.3) is 0 Å². The summed E-state index contributed by atoms with van der Waals surface area (Å²) in [6.45, 7) is 6.34. The number of cyclic esters (lactones) is 1. The molecule has 0 aromatic carbocycles. The number of hydrogen-bond acceptors (Lipinski definition) is 9. The van der Waals surface area contributed by atoms with E-state index in [-0.39, 0.29) is 19.3 Å². The maximum atomic E-state index is 12.9. The molecule has 0 amide bonds. The Kier molecular flexibility index (Phi) is 7.43. The Morgan fingerprint density at radius 1 is 1.13 bits per heavy atom. The molecule has 8 atom stereocenters. The molecule has 0 aromatic rings. The second-order valence-corrected chi connectivity index (χ2v) is 11.4. The quantitative estimate of drug-likeness (QED) is 0.314. The number of hydrogen-bond donors (Lipinski definition) is 2. The lowest BCUT2D eigenvalue weighted by Crippen LogP contribution is -2.66. The Labute approximate surface area is 223 Å². The number of carbonyl (C=O) groups is 2. The molecular weight excluding hydrogens is 492 g/mol. The highest BCUT2D eigenvalue weighted by molar-refractivity contribution is 5.83. The van der Waals surface area contributed by atoms with Gasteiger partial charge in [-0.2, -0.15) is 0 Å². The van der Waals surface area contributed by atoms with E-state index in [2.05, 4.69) is 6.92 Å². The van der Waals surface area contributed by atoms with Gasteiger partial charge in [-0.25, -0.2) is 9.59 Å². The minimum absolute atomic E-state index is 0.0601. The first-order chi connectivity index (χ1) is 18.1. The van der Waals surface area contributed by atoms with Gasteiger partial charge in [0, 0.05) is 24.0 Å². The van der Waals surface area contributed by atoms with E-state index in [4.69, 9.17) is 23.7 Å². The van der Waals surface area contributed by atoms with Crippen molar-refractivity contribution in [3.8, 4) is 0 Å². The third-order valence-electron chi connectivity index (χ3n) is 9.32. The van der Waals surface area contributed by atoms with Crippen LogP contribution in [0.1, 0.15) is 46.5 Å². The fraction of sp³-hybridized carbons (Fsp3) is 0.655. The van der Waals surface area contributed by atoms with Gasteiger partial charge < -0.3 is 33.9 Å². The van der Waals surface area contributed by atoms with Crippen LogP contribution in [-0.4, -0.2) is 84.7 Å². The first-order valence-corrected chi connectivity index (χ1v) is 13.4. The van der Waals surface area contributed by atoms with Crippen LogP contribution in [0.25, 0.3) is 0 Å². The van der Waals surface area contributed by atoms with Crippen molar-refractivity contribution in [1.29, 1.82) is 0 Å². The molecule has 5 aliphatic rings. The molecule has 2 spiro atoms. The van der Waals surface area contributed by atoms with Crippen LogP contribution in [0, 0.1) is 10.8 Å². The molecule has 1 unspecified atom stereocenters. The molecule has 5 rings (SSSR count). The molecule has 9 heteroatoms. The van der Waals surface area contributed by atoms with Crippen molar-refractivity contribution in [2.45, 2.75) is 82.6 Å². The average Bonchev–Trinajstić information content (AvgIpc) is 3.66. The molecule has 2 bridgehead atoms. The lowest BCUT2D eigenvalue weighted by Gasteiger charge is -2.58. The van der Waals surface area contributed by atoms with Crippen molar-refractivity contribution >= 4 is 11.9 Å². The number of allylic oxidation sites excluding steroid dienone is 2. The van der Waals surface area contributed by atoms with E-state index in [9.17, 15) is 19.8 Å². The van der Waals surface area contributed by atoms with E-state index in [1.807, 2.05) is 13.0 Å². The summed E-state index contributed by atoms with van der Waals surface area (Å²) < 4.78 is 30.4. The van der Waals surface area contributed by atoms with Gasteiger partial charge in [0.1, 0.15) is 24.4 Å². The van der Waals surface area contributed by atoms with Gasteiger partial charge in [-0.05, 0) is 38.7 Å². The summed E-state index contributed by atoms with van der Waals surface area (Å²) in [7, 11) is 0.